The Labute approximate surface area is 212 Å². The summed E-state index contributed by atoms with van der Waals surface area (Å²) in [6, 6.07) is 5.11. The first-order chi connectivity index (χ1) is 17.2. The van der Waals surface area contributed by atoms with Crippen LogP contribution in [0.1, 0.15) is 63.5 Å². The molecule has 9 heteroatoms. The second kappa shape index (κ2) is 12.2. The van der Waals surface area contributed by atoms with Crippen molar-refractivity contribution >= 4 is 29.7 Å². The SMILES string of the molecule is C=Cc1ccc(C[C@@H]2NC(=O)[C@](C)(CC)NC(=O)[C@H](CCCCO)NC(=O)[C@H]3CCCN3C2=O)cc1. The summed E-state index contributed by atoms with van der Waals surface area (Å²) < 4.78 is 0. The van der Waals surface area contributed by atoms with Gasteiger partial charge in [0.25, 0.3) is 0 Å². The molecular formula is C27H38N4O5. The first-order valence-corrected chi connectivity index (χ1v) is 12.8. The lowest BCUT2D eigenvalue weighted by Crippen LogP contribution is -2.65. The molecule has 2 saturated heterocycles. The number of aliphatic hydroxyl groups is 1. The third-order valence-electron chi connectivity index (χ3n) is 7.24. The predicted octanol–water partition coefficient (Wildman–Crippen LogP) is 1.29. The van der Waals surface area contributed by atoms with Crippen molar-refractivity contribution in [1.82, 2.24) is 20.9 Å². The molecule has 4 N–H and O–H groups in total. The van der Waals surface area contributed by atoms with Gasteiger partial charge in [0.2, 0.25) is 23.6 Å². The Balaban J connectivity index is 1.94. The van der Waals surface area contributed by atoms with E-state index in [9.17, 15) is 19.2 Å². The van der Waals surface area contributed by atoms with Crippen LogP contribution in [0, 0.1) is 0 Å². The van der Waals surface area contributed by atoms with Crippen LogP contribution in [-0.4, -0.2) is 70.5 Å². The molecule has 3 rings (SSSR count). The number of hydrogen-bond acceptors (Lipinski definition) is 5. The van der Waals surface area contributed by atoms with Gasteiger partial charge in [0.1, 0.15) is 23.7 Å². The average molecular weight is 499 g/mol. The standard InChI is InChI=1S/C27H38N4O5/c1-4-18-11-13-19(14-12-18)17-21-25(35)31-15-8-10-22(31)24(34)28-20(9-6-7-16-32)23(33)30-27(3,5-2)26(36)29-21/h4,11-14,20-22,32H,1,5-10,15-17H2,2-3H3,(H,28,34)(H,29,36)(H,30,33)/t20-,21-,22+,27-/m0/s1. The first-order valence-electron chi connectivity index (χ1n) is 12.8. The molecular weight excluding hydrogens is 460 g/mol. The van der Waals surface area contributed by atoms with E-state index >= 15 is 0 Å². The van der Waals surface area contributed by atoms with Gasteiger partial charge in [0.15, 0.2) is 0 Å². The van der Waals surface area contributed by atoms with Gasteiger partial charge in [-0.25, -0.2) is 0 Å². The highest BCUT2D eigenvalue weighted by atomic mass is 16.3. The van der Waals surface area contributed by atoms with E-state index in [-0.39, 0.29) is 24.8 Å². The van der Waals surface area contributed by atoms with Gasteiger partial charge in [-0.2, -0.15) is 0 Å². The van der Waals surface area contributed by atoms with Crippen molar-refractivity contribution in [3.8, 4) is 0 Å². The van der Waals surface area contributed by atoms with Gasteiger partial charge in [0.05, 0.1) is 0 Å². The second-order valence-corrected chi connectivity index (χ2v) is 9.82. The zero-order chi connectivity index (χ0) is 26.3. The summed E-state index contributed by atoms with van der Waals surface area (Å²) in [5, 5.41) is 17.7. The Morgan fingerprint density at radius 3 is 2.44 bits per heavy atom. The molecule has 1 aromatic rings. The average Bonchev–Trinajstić information content (AvgIpc) is 3.37. The zero-order valence-electron chi connectivity index (χ0n) is 21.2. The number of benzene rings is 1. The number of amides is 4. The van der Waals surface area contributed by atoms with Crippen LogP contribution in [0.4, 0.5) is 0 Å². The van der Waals surface area contributed by atoms with E-state index in [4.69, 9.17) is 5.11 Å². The lowest BCUT2D eigenvalue weighted by Gasteiger charge is -2.36. The molecule has 2 aliphatic rings. The van der Waals surface area contributed by atoms with E-state index < -0.39 is 35.5 Å². The minimum absolute atomic E-state index is 0.0139. The van der Waals surface area contributed by atoms with Crippen molar-refractivity contribution in [2.75, 3.05) is 13.2 Å². The van der Waals surface area contributed by atoms with Crippen molar-refractivity contribution in [2.24, 2.45) is 0 Å². The molecule has 4 amide bonds. The van der Waals surface area contributed by atoms with Crippen LogP contribution >= 0.6 is 0 Å². The summed E-state index contributed by atoms with van der Waals surface area (Å²) >= 11 is 0. The maximum Gasteiger partial charge on any atom is 0.246 e. The zero-order valence-corrected chi connectivity index (χ0v) is 21.2. The fraction of sp³-hybridized carbons (Fsp3) is 0.556. The Morgan fingerprint density at radius 1 is 1.08 bits per heavy atom. The van der Waals surface area contributed by atoms with Crippen molar-refractivity contribution in [3.63, 3.8) is 0 Å². The van der Waals surface area contributed by atoms with Crippen LogP contribution < -0.4 is 16.0 Å². The van der Waals surface area contributed by atoms with Gasteiger partial charge < -0.3 is 26.0 Å². The van der Waals surface area contributed by atoms with Crippen LogP contribution in [0.3, 0.4) is 0 Å². The summed E-state index contributed by atoms with van der Waals surface area (Å²) in [5.41, 5.74) is 0.530. The minimum atomic E-state index is -1.27. The van der Waals surface area contributed by atoms with Crippen LogP contribution in [0.15, 0.2) is 30.8 Å². The lowest BCUT2D eigenvalue weighted by atomic mass is 9.94. The number of nitrogens with one attached hydrogen (secondary N) is 3. The summed E-state index contributed by atoms with van der Waals surface area (Å²) in [4.78, 5) is 55.2. The molecule has 0 aliphatic carbocycles. The van der Waals surface area contributed by atoms with Crippen LogP contribution in [0.2, 0.25) is 0 Å². The van der Waals surface area contributed by atoms with Gasteiger partial charge in [-0.15, -0.1) is 0 Å². The maximum absolute atomic E-state index is 13.7. The molecule has 0 spiro atoms. The number of unbranched alkanes of at least 4 members (excludes halogenated alkanes) is 1. The number of nitrogens with zero attached hydrogens (tertiary/aromatic N) is 1. The third-order valence-corrected chi connectivity index (χ3v) is 7.24. The highest BCUT2D eigenvalue weighted by Crippen LogP contribution is 2.22. The van der Waals surface area contributed by atoms with Crippen molar-refractivity contribution in [2.45, 2.75) is 82.5 Å². The number of aliphatic hydroxyl groups excluding tert-OH is 1. The van der Waals surface area contributed by atoms with E-state index in [0.717, 1.165) is 11.1 Å². The molecule has 196 valence electrons. The Hall–Kier alpha value is -3.20. The van der Waals surface area contributed by atoms with Crippen LogP contribution in [0.5, 0.6) is 0 Å². The first kappa shape index (κ1) is 27.4. The number of rotatable bonds is 8. The van der Waals surface area contributed by atoms with E-state index in [1.807, 2.05) is 24.3 Å². The number of carbonyl (C=O) groups is 4. The highest BCUT2D eigenvalue weighted by Gasteiger charge is 2.43. The molecule has 0 radical (unpaired) electrons. The fourth-order valence-corrected chi connectivity index (χ4v) is 4.71. The fourth-order valence-electron chi connectivity index (χ4n) is 4.71. The predicted molar refractivity (Wildman–Crippen MR) is 137 cm³/mol. The van der Waals surface area contributed by atoms with Gasteiger partial charge in [0, 0.05) is 19.6 Å². The lowest BCUT2D eigenvalue weighted by molar-refractivity contribution is -0.144. The molecule has 2 heterocycles. The molecule has 0 bridgehead atoms. The van der Waals surface area contributed by atoms with Gasteiger partial charge in [-0.05, 0) is 56.6 Å². The maximum atomic E-state index is 13.7. The largest absolute Gasteiger partial charge is 0.396 e. The van der Waals surface area contributed by atoms with Crippen molar-refractivity contribution < 1.29 is 24.3 Å². The quantitative estimate of drug-likeness (QED) is 0.402. The molecule has 0 aromatic heterocycles. The van der Waals surface area contributed by atoms with Crippen molar-refractivity contribution in [1.29, 1.82) is 0 Å². The molecule has 1 aromatic carbocycles. The molecule has 4 atom stereocenters. The normalized spacial score (nSPS) is 27.3. The topological polar surface area (TPSA) is 128 Å². The Bertz CT molecular complexity index is 979. The van der Waals surface area contributed by atoms with E-state index in [0.29, 0.717) is 45.1 Å². The van der Waals surface area contributed by atoms with E-state index in [1.54, 1.807) is 19.9 Å². The number of hydrogen-bond donors (Lipinski definition) is 4. The second-order valence-electron chi connectivity index (χ2n) is 9.82. The Kier molecular flexibility index (Phi) is 9.25. The van der Waals surface area contributed by atoms with Gasteiger partial charge in [-0.3, -0.25) is 19.2 Å². The van der Waals surface area contributed by atoms with E-state index in [1.165, 1.54) is 4.90 Å². The molecule has 9 nitrogen and oxygen atoms in total. The van der Waals surface area contributed by atoms with Crippen LogP contribution in [0.25, 0.3) is 6.08 Å². The monoisotopic (exact) mass is 498 g/mol. The van der Waals surface area contributed by atoms with Gasteiger partial charge in [-0.1, -0.05) is 43.8 Å². The molecule has 0 unspecified atom stereocenters. The van der Waals surface area contributed by atoms with E-state index in [2.05, 4.69) is 22.5 Å². The summed E-state index contributed by atoms with van der Waals surface area (Å²) in [6.07, 6.45) is 4.78. The molecule has 2 fully saturated rings. The smallest absolute Gasteiger partial charge is 0.246 e. The van der Waals surface area contributed by atoms with Crippen molar-refractivity contribution in [3.05, 3.63) is 42.0 Å². The minimum Gasteiger partial charge on any atom is -0.396 e. The highest BCUT2D eigenvalue weighted by molar-refractivity contribution is 5.99. The van der Waals surface area contributed by atoms with Gasteiger partial charge >= 0.3 is 0 Å². The molecule has 36 heavy (non-hydrogen) atoms. The summed E-state index contributed by atoms with van der Waals surface area (Å²) in [7, 11) is 0. The molecule has 0 saturated carbocycles. The summed E-state index contributed by atoms with van der Waals surface area (Å²) in [5.74, 6) is -1.58. The number of carbonyl (C=O) groups excluding carboxylic acids is 4. The third kappa shape index (κ3) is 6.32. The van der Waals surface area contributed by atoms with Crippen LogP contribution in [-0.2, 0) is 25.6 Å². The Morgan fingerprint density at radius 2 is 1.81 bits per heavy atom. The number of fused-ring (bicyclic) bond motifs is 1. The summed E-state index contributed by atoms with van der Waals surface area (Å²) in [6.45, 7) is 7.56. The molecule has 2 aliphatic heterocycles.